The second kappa shape index (κ2) is 10.9. The van der Waals surface area contributed by atoms with E-state index in [1.165, 1.54) is 0 Å². The van der Waals surface area contributed by atoms with E-state index in [4.69, 9.17) is 10.5 Å². The Labute approximate surface area is 192 Å². The number of hydrogen-bond donors (Lipinski definition) is 2. The van der Waals surface area contributed by atoms with E-state index in [0.29, 0.717) is 50.8 Å². The van der Waals surface area contributed by atoms with Gasteiger partial charge in [0.25, 0.3) is 0 Å². The number of amides is 1. The highest BCUT2D eigenvalue weighted by atomic mass is 16.5. The van der Waals surface area contributed by atoms with Crippen molar-refractivity contribution in [1.29, 1.82) is 0 Å². The lowest BCUT2D eigenvalue weighted by Crippen LogP contribution is -2.49. The molecule has 33 heavy (non-hydrogen) atoms. The van der Waals surface area contributed by atoms with Crippen LogP contribution in [0.2, 0.25) is 0 Å². The van der Waals surface area contributed by atoms with Gasteiger partial charge in [0, 0.05) is 56.7 Å². The van der Waals surface area contributed by atoms with Crippen molar-refractivity contribution < 1.29 is 9.53 Å². The number of rotatable bonds is 7. The first-order chi connectivity index (χ1) is 16.2. The van der Waals surface area contributed by atoms with Gasteiger partial charge in [-0.25, -0.2) is 9.97 Å². The van der Waals surface area contributed by atoms with Crippen molar-refractivity contribution in [3.63, 3.8) is 0 Å². The molecule has 3 N–H and O–H groups in total. The number of aliphatic imine (C=N–C) groups is 1. The fourth-order valence-corrected chi connectivity index (χ4v) is 3.49. The van der Waals surface area contributed by atoms with Gasteiger partial charge in [0.1, 0.15) is 11.5 Å². The number of anilines is 2. The number of benzene rings is 2. The molecule has 0 radical (unpaired) electrons. The molecule has 2 heterocycles. The largest absolute Gasteiger partial charge is 0.457 e. The summed E-state index contributed by atoms with van der Waals surface area (Å²) in [5.41, 5.74) is 6.77. The Morgan fingerprint density at radius 2 is 1.70 bits per heavy atom. The van der Waals surface area contributed by atoms with Gasteiger partial charge in [-0.1, -0.05) is 24.3 Å². The summed E-state index contributed by atoms with van der Waals surface area (Å²) >= 11 is 0. The number of carbonyl (C=O) groups excluding carboxylic acids is 1. The first-order valence-electron chi connectivity index (χ1n) is 10.9. The Morgan fingerprint density at radius 3 is 2.45 bits per heavy atom. The summed E-state index contributed by atoms with van der Waals surface area (Å²) in [7, 11) is 0. The Morgan fingerprint density at radius 1 is 0.970 bits per heavy atom. The minimum Gasteiger partial charge on any atom is -0.457 e. The van der Waals surface area contributed by atoms with Crippen LogP contribution in [-0.2, 0) is 4.79 Å². The highest BCUT2D eigenvalue weighted by Gasteiger charge is 2.21. The minimum absolute atomic E-state index is 0.0680. The van der Waals surface area contributed by atoms with Crippen LogP contribution in [0.5, 0.6) is 11.5 Å². The van der Waals surface area contributed by atoms with E-state index in [1.54, 1.807) is 18.5 Å². The number of carbonyl (C=O) groups is 1. The van der Waals surface area contributed by atoms with Crippen LogP contribution in [0.3, 0.4) is 0 Å². The smallest absolute Gasteiger partial charge is 0.225 e. The average Bonchev–Trinajstić information content (AvgIpc) is 2.85. The molecular formula is C24H27N7O2. The van der Waals surface area contributed by atoms with Gasteiger partial charge in [-0.3, -0.25) is 9.79 Å². The second-order valence-electron chi connectivity index (χ2n) is 7.50. The Kier molecular flexibility index (Phi) is 7.32. The van der Waals surface area contributed by atoms with E-state index in [2.05, 4.69) is 25.2 Å². The van der Waals surface area contributed by atoms with Crippen molar-refractivity contribution in [2.75, 3.05) is 42.9 Å². The summed E-state index contributed by atoms with van der Waals surface area (Å²) in [5, 5.41) is 3.05. The standard InChI is InChI=1S/C24H27N7O2/c25-23(29-19-6-4-9-21(18-19)33-20-7-2-1-3-8-20)26-13-10-22(32)30-14-16-31(17-15-30)24-27-11-5-12-28-24/h1-9,11-12,18H,10,13-17H2,(H3,25,26,29). The summed E-state index contributed by atoms with van der Waals surface area (Å²) in [6.07, 6.45) is 3.76. The van der Waals surface area contributed by atoms with E-state index in [1.807, 2.05) is 59.5 Å². The maximum absolute atomic E-state index is 12.5. The van der Waals surface area contributed by atoms with E-state index in [0.717, 1.165) is 11.4 Å². The number of nitrogens with zero attached hydrogens (tertiary/aromatic N) is 5. The quantitative estimate of drug-likeness (QED) is 0.425. The molecule has 4 rings (SSSR count). The number of ether oxygens (including phenoxy) is 1. The van der Waals surface area contributed by atoms with E-state index in [9.17, 15) is 4.79 Å². The van der Waals surface area contributed by atoms with Crippen molar-refractivity contribution >= 4 is 23.5 Å². The molecule has 9 heteroatoms. The lowest BCUT2D eigenvalue weighted by atomic mass is 10.3. The lowest BCUT2D eigenvalue weighted by Gasteiger charge is -2.34. The molecular weight excluding hydrogens is 418 g/mol. The zero-order chi connectivity index (χ0) is 22.9. The van der Waals surface area contributed by atoms with Gasteiger partial charge >= 0.3 is 0 Å². The predicted octanol–water partition coefficient (Wildman–Crippen LogP) is 2.73. The van der Waals surface area contributed by atoms with Crippen LogP contribution in [0.25, 0.3) is 0 Å². The third-order valence-electron chi connectivity index (χ3n) is 5.16. The molecule has 1 saturated heterocycles. The van der Waals surface area contributed by atoms with Crippen LogP contribution in [0, 0.1) is 0 Å². The monoisotopic (exact) mass is 445 g/mol. The first kappa shape index (κ1) is 22.1. The van der Waals surface area contributed by atoms with Crippen LogP contribution in [0.1, 0.15) is 6.42 Å². The molecule has 170 valence electrons. The van der Waals surface area contributed by atoms with Gasteiger partial charge in [-0.05, 0) is 30.3 Å². The van der Waals surface area contributed by atoms with Crippen molar-refractivity contribution in [2.45, 2.75) is 6.42 Å². The molecule has 0 aliphatic carbocycles. The lowest BCUT2D eigenvalue weighted by molar-refractivity contribution is -0.131. The van der Waals surface area contributed by atoms with Gasteiger partial charge in [0.05, 0.1) is 6.54 Å². The van der Waals surface area contributed by atoms with Crippen molar-refractivity contribution in [3.05, 3.63) is 73.1 Å². The summed E-state index contributed by atoms with van der Waals surface area (Å²) < 4.78 is 5.83. The molecule has 0 atom stereocenters. The highest BCUT2D eigenvalue weighted by molar-refractivity contribution is 5.92. The number of aromatic nitrogens is 2. The number of piperazine rings is 1. The highest BCUT2D eigenvalue weighted by Crippen LogP contribution is 2.23. The van der Waals surface area contributed by atoms with E-state index in [-0.39, 0.29) is 11.9 Å². The maximum atomic E-state index is 12.5. The van der Waals surface area contributed by atoms with Crippen LogP contribution in [0.4, 0.5) is 11.6 Å². The first-order valence-corrected chi connectivity index (χ1v) is 10.9. The van der Waals surface area contributed by atoms with E-state index >= 15 is 0 Å². The third-order valence-corrected chi connectivity index (χ3v) is 5.16. The topological polar surface area (TPSA) is 109 Å². The van der Waals surface area contributed by atoms with Crippen LogP contribution in [-0.4, -0.2) is 59.5 Å². The molecule has 0 spiro atoms. The summed E-state index contributed by atoms with van der Waals surface area (Å²) in [6.45, 7) is 3.03. The number of guanidine groups is 1. The zero-order valence-corrected chi connectivity index (χ0v) is 18.3. The van der Waals surface area contributed by atoms with Crippen molar-refractivity contribution in [3.8, 4) is 11.5 Å². The Bertz CT molecular complexity index is 1070. The molecule has 9 nitrogen and oxygen atoms in total. The average molecular weight is 446 g/mol. The molecule has 1 amide bonds. The summed E-state index contributed by atoms with van der Waals surface area (Å²) in [5.74, 6) is 2.47. The normalized spacial score (nSPS) is 14.1. The molecule has 2 aromatic carbocycles. The molecule has 1 aromatic heterocycles. The second-order valence-corrected chi connectivity index (χ2v) is 7.50. The molecule has 0 bridgehead atoms. The molecule has 0 saturated carbocycles. The van der Waals surface area contributed by atoms with Crippen LogP contribution in [0.15, 0.2) is 78.0 Å². The fourth-order valence-electron chi connectivity index (χ4n) is 3.49. The minimum atomic E-state index is 0.0680. The SMILES string of the molecule is NC(=NCCC(=O)N1CCN(c2ncccn2)CC1)Nc1cccc(Oc2ccccc2)c1. The molecule has 1 fully saturated rings. The zero-order valence-electron chi connectivity index (χ0n) is 18.3. The van der Waals surface area contributed by atoms with E-state index < -0.39 is 0 Å². The summed E-state index contributed by atoms with van der Waals surface area (Å²) in [6, 6.07) is 18.8. The third kappa shape index (κ3) is 6.42. The predicted molar refractivity (Wildman–Crippen MR) is 129 cm³/mol. The van der Waals surface area contributed by atoms with Gasteiger partial charge in [-0.15, -0.1) is 0 Å². The Hall–Kier alpha value is -4.14. The maximum Gasteiger partial charge on any atom is 0.225 e. The summed E-state index contributed by atoms with van der Waals surface area (Å²) in [4.78, 5) is 29.3. The number of nitrogens with one attached hydrogen (secondary N) is 1. The fraction of sp³-hybridized carbons (Fsp3) is 0.250. The van der Waals surface area contributed by atoms with Gasteiger partial charge in [0.2, 0.25) is 11.9 Å². The van der Waals surface area contributed by atoms with Gasteiger partial charge < -0.3 is 25.6 Å². The number of para-hydroxylation sites is 1. The van der Waals surface area contributed by atoms with Crippen LogP contribution < -0.4 is 20.7 Å². The Balaban J connectivity index is 1.22. The number of nitrogens with two attached hydrogens (primary N) is 1. The van der Waals surface area contributed by atoms with Crippen molar-refractivity contribution in [1.82, 2.24) is 14.9 Å². The molecule has 1 aliphatic heterocycles. The molecule has 1 aliphatic rings. The molecule has 3 aromatic rings. The number of hydrogen-bond acceptors (Lipinski definition) is 6. The molecule has 0 unspecified atom stereocenters. The van der Waals surface area contributed by atoms with Crippen LogP contribution >= 0.6 is 0 Å². The van der Waals surface area contributed by atoms with Gasteiger partial charge in [0.15, 0.2) is 5.96 Å². The van der Waals surface area contributed by atoms with Crippen molar-refractivity contribution in [2.24, 2.45) is 10.7 Å². The van der Waals surface area contributed by atoms with Gasteiger partial charge in [-0.2, -0.15) is 0 Å².